The number of hydrogen-bond acceptors (Lipinski definition) is 7. The molecule has 1 heterocycles. The van der Waals surface area contributed by atoms with Crippen molar-refractivity contribution in [3.8, 4) is 0 Å². The van der Waals surface area contributed by atoms with E-state index in [9.17, 15) is 5.11 Å². The molecule has 0 radical (unpaired) electrons. The monoisotopic (exact) mass is 864 g/mol. The van der Waals surface area contributed by atoms with E-state index in [0.717, 1.165) is 36.4 Å². The Morgan fingerprint density at radius 1 is 0.842 bits per heavy atom. The Morgan fingerprint density at radius 3 is 1.81 bits per heavy atom. The van der Waals surface area contributed by atoms with Gasteiger partial charge in [-0.1, -0.05) is 101 Å². The molecule has 0 aromatic carbocycles. The van der Waals surface area contributed by atoms with E-state index in [-0.39, 0.29) is 51.5 Å². The first-order valence-electron chi connectivity index (χ1n) is 21.7. The molecule has 0 unspecified atom stereocenters. The normalized spacial score (nSPS) is 17.3. The van der Waals surface area contributed by atoms with Crippen LogP contribution in [0.5, 0.6) is 0 Å². The highest BCUT2D eigenvalue weighted by atomic mass is 32.1. The summed E-state index contributed by atoms with van der Waals surface area (Å²) in [5, 5.41) is 13.5. The van der Waals surface area contributed by atoms with Gasteiger partial charge < -0.3 is 18.4 Å². The molecular weight excluding hydrogens is 775 g/mol. The first kappa shape index (κ1) is 54.0. The second kappa shape index (κ2) is 21.2. The Bertz CT molecular complexity index is 1490. The summed E-state index contributed by atoms with van der Waals surface area (Å²) in [6.45, 7) is 51.0. The van der Waals surface area contributed by atoms with E-state index in [2.05, 4.69) is 146 Å². The smallest absolute Gasteiger partial charge is 0.192 e. The molecule has 0 saturated carbocycles. The lowest BCUT2D eigenvalue weighted by molar-refractivity contribution is -0.141. The summed E-state index contributed by atoms with van der Waals surface area (Å²) < 4.78 is 21.3. The fourth-order valence-electron chi connectivity index (χ4n) is 6.44. The molecular formula is C47H89NO5SSi3. The van der Waals surface area contributed by atoms with Crippen molar-refractivity contribution in [2.75, 3.05) is 6.61 Å². The van der Waals surface area contributed by atoms with Gasteiger partial charge in [-0.15, -0.1) is 17.9 Å². The van der Waals surface area contributed by atoms with Crippen LogP contribution < -0.4 is 0 Å². The minimum Gasteiger partial charge on any atom is -0.413 e. The van der Waals surface area contributed by atoms with Gasteiger partial charge in [0, 0.05) is 23.3 Å². The molecule has 0 spiro atoms. The first-order chi connectivity index (χ1) is 25.6. The number of Topliss-reactive ketones (excluding diaryl/α,β-unsaturated/α-hetero) is 1. The van der Waals surface area contributed by atoms with E-state index in [4.69, 9.17) is 18.3 Å². The molecule has 6 nitrogen and oxygen atoms in total. The van der Waals surface area contributed by atoms with Crippen LogP contribution >= 0.6 is 11.3 Å². The zero-order chi connectivity index (χ0) is 44.6. The standard InChI is InChI=1S/C47H89NO5SSi3/c1-23-25-39(43(50)47(15,16)41(30-31-49)52-56(19,20)45(9,10)11)42(53-57(21,22)46(12,13)14)35(3)27-24-26-34(2)28-29-40(51-55(17,18)44(6,7)8)36(4)32-38-33-54-37(5)48-38/h23,28,32-33,35,39-42,49H,1,24-27,29-31H2,2-22H3/t35-,39+,40-,41-,42-/m0/s1. The zero-order valence-corrected chi connectivity index (χ0v) is 44.6. The molecule has 0 aliphatic carbocycles. The van der Waals surface area contributed by atoms with E-state index in [1.807, 2.05) is 26.8 Å². The van der Waals surface area contributed by atoms with E-state index < -0.39 is 36.5 Å². The molecule has 57 heavy (non-hydrogen) atoms. The summed E-state index contributed by atoms with van der Waals surface area (Å²) in [6, 6.07) is 0. The third-order valence-electron chi connectivity index (χ3n) is 13.7. The SMILES string of the molecule is C=CC[C@@H](C(=O)C(C)(C)[C@H](CCO)O[Si](C)(C)C(C)(C)C)[C@@H](O[Si](C)(C)C(C)(C)C)[C@@H](C)CCCC(C)=CC[C@H](O[Si](C)(C)C(C)(C)C)C(C)=Cc1csc(C)n1. The summed E-state index contributed by atoms with van der Waals surface area (Å²) in [7, 11) is -6.54. The van der Waals surface area contributed by atoms with Crippen LogP contribution in [0, 0.1) is 24.2 Å². The lowest BCUT2D eigenvalue weighted by Gasteiger charge is -2.47. The first-order valence-corrected chi connectivity index (χ1v) is 31.3. The molecule has 10 heteroatoms. The van der Waals surface area contributed by atoms with Gasteiger partial charge in [-0.2, -0.15) is 0 Å². The van der Waals surface area contributed by atoms with E-state index in [1.54, 1.807) is 11.3 Å². The number of allylic oxidation sites excluding steroid dienone is 2. The quantitative estimate of drug-likeness (QED) is 0.0872. The van der Waals surface area contributed by atoms with Crippen molar-refractivity contribution in [2.24, 2.45) is 17.3 Å². The van der Waals surface area contributed by atoms with Crippen molar-refractivity contribution in [1.29, 1.82) is 0 Å². The van der Waals surface area contributed by atoms with Crippen molar-refractivity contribution in [3.63, 3.8) is 0 Å². The number of carbonyl (C=O) groups excluding carboxylic acids is 1. The number of hydrogen-bond donors (Lipinski definition) is 1. The molecule has 0 amide bonds. The zero-order valence-electron chi connectivity index (χ0n) is 40.8. The number of rotatable bonds is 23. The number of thiazole rings is 1. The Balaban J connectivity index is 3.46. The van der Waals surface area contributed by atoms with Gasteiger partial charge in [-0.3, -0.25) is 4.79 Å². The lowest BCUT2D eigenvalue weighted by Crippen LogP contribution is -2.54. The number of nitrogens with zero attached hydrogens (tertiary/aromatic N) is 1. The molecule has 0 saturated heterocycles. The maximum Gasteiger partial charge on any atom is 0.192 e. The number of ketones is 1. The van der Waals surface area contributed by atoms with Crippen LogP contribution in [0.25, 0.3) is 6.08 Å². The number of aliphatic hydroxyl groups is 1. The minimum atomic E-state index is -2.27. The second-order valence-electron chi connectivity index (χ2n) is 22.1. The van der Waals surface area contributed by atoms with Crippen LogP contribution in [0.3, 0.4) is 0 Å². The van der Waals surface area contributed by atoms with E-state index in [1.165, 1.54) is 11.1 Å². The number of carbonyl (C=O) groups is 1. The molecule has 0 aliphatic heterocycles. The molecule has 0 fully saturated rings. The van der Waals surface area contributed by atoms with Crippen LogP contribution in [0.1, 0.15) is 146 Å². The summed E-state index contributed by atoms with van der Waals surface area (Å²) in [6.07, 6.45) is 10.5. The highest BCUT2D eigenvalue weighted by Gasteiger charge is 2.50. The average Bonchev–Trinajstić information content (AvgIpc) is 3.46. The second-order valence-corrected chi connectivity index (χ2v) is 37.5. The summed E-state index contributed by atoms with van der Waals surface area (Å²) in [5.74, 6) is -0.0715. The van der Waals surface area contributed by atoms with Crippen LogP contribution in [0.4, 0.5) is 0 Å². The van der Waals surface area contributed by atoms with Crippen molar-refractivity contribution >= 4 is 48.1 Å². The van der Waals surface area contributed by atoms with E-state index >= 15 is 4.79 Å². The largest absolute Gasteiger partial charge is 0.413 e. The molecule has 1 N–H and O–H groups in total. The fourth-order valence-corrected chi connectivity index (χ4v) is 11.3. The van der Waals surface area contributed by atoms with Crippen LogP contribution in [0.2, 0.25) is 54.4 Å². The van der Waals surface area contributed by atoms with Crippen LogP contribution in [0.15, 0.2) is 35.3 Å². The van der Waals surface area contributed by atoms with Gasteiger partial charge >= 0.3 is 0 Å². The molecule has 5 atom stereocenters. The number of aliphatic hydroxyl groups excluding tert-OH is 1. The van der Waals surface area contributed by atoms with Crippen LogP contribution in [-0.2, 0) is 18.1 Å². The Morgan fingerprint density at radius 2 is 1.35 bits per heavy atom. The predicted octanol–water partition coefficient (Wildman–Crippen LogP) is 14.3. The molecule has 0 bridgehead atoms. The topological polar surface area (TPSA) is 77.9 Å². The number of aryl methyl sites for hydroxylation is 1. The van der Waals surface area contributed by atoms with Crippen molar-refractivity contribution < 1.29 is 23.2 Å². The van der Waals surface area contributed by atoms with Crippen LogP contribution in [-0.4, -0.2) is 65.7 Å². The van der Waals surface area contributed by atoms with Crippen molar-refractivity contribution in [1.82, 2.24) is 4.98 Å². The summed E-state index contributed by atoms with van der Waals surface area (Å²) in [4.78, 5) is 19.8. The average molecular weight is 865 g/mol. The van der Waals surface area contributed by atoms with Gasteiger partial charge in [0.25, 0.3) is 0 Å². The lowest BCUT2D eigenvalue weighted by atomic mass is 9.71. The van der Waals surface area contributed by atoms with Crippen molar-refractivity contribution in [3.05, 3.63) is 46.0 Å². The van der Waals surface area contributed by atoms with Gasteiger partial charge in [-0.05, 0) is 131 Å². The van der Waals surface area contributed by atoms with Gasteiger partial charge in [0.2, 0.25) is 0 Å². The number of aromatic nitrogens is 1. The third-order valence-corrected chi connectivity index (χ3v) is 27.9. The summed E-state index contributed by atoms with van der Waals surface area (Å²) >= 11 is 1.68. The van der Waals surface area contributed by atoms with Gasteiger partial charge in [0.15, 0.2) is 25.0 Å². The molecule has 330 valence electrons. The molecule has 1 aromatic rings. The Hall–Kier alpha value is -0.989. The molecule has 1 aromatic heterocycles. The van der Waals surface area contributed by atoms with Gasteiger partial charge in [-0.25, -0.2) is 4.98 Å². The minimum absolute atomic E-state index is 0.00607. The highest BCUT2D eigenvalue weighted by molar-refractivity contribution is 7.09. The maximum atomic E-state index is 15.1. The van der Waals surface area contributed by atoms with E-state index in [0.29, 0.717) is 12.8 Å². The van der Waals surface area contributed by atoms with Gasteiger partial charge in [0.05, 0.1) is 29.0 Å². The summed E-state index contributed by atoms with van der Waals surface area (Å²) in [5.41, 5.74) is 2.75. The Labute approximate surface area is 359 Å². The maximum absolute atomic E-state index is 15.1. The Kier molecular flexibility index (Phi) is 20.1. The highest BCUT2D eigenvalue weighted by Crippen LogP contribution is 2.45. The molecule has 1 rings (SSSR count). The van der Waals surface area contributed by atoms with Gasteiger partial charge in [0.1, 0.15) is 5.78 Å². The fraction of sp³-hybridized carbons (Fsp3) is 0.787. The van der Waals surface area contributed by atoms with Crippen molar-refractivity contribution in [2.45, 2.75) is 215 Å². The predicted molar refractivity (Wildman–Crippen MR) is 257 cm³/mol. The molecule has 0 aliphatic rings. The third kappa shape index (κ3) is 15.8.